The van der Waals surface area contributed by atoms with Gasteiger partial charge in [0.05, 0.1) is 6.54 Å². The quantitative estimate of drug-likeness (QED) is 0.663. The van der Waals surface area contributed by atoms with E-state index in [1.165, 1.54) is 0 Å². The maximum Gasteiger partial charge on any atom is 0.327 e. The van der Waals surface area contributed by atoms with Gasteiger partial charge in [0.15, 0.2) is 5.78 Å². The average Bonchev–Trinajstić information content (AvgIpc) is 3.11. The van der Waals surface area contributed by atoms with Gasteiger partial charge < -0.3 is 9.88 Å². The number of Topliss-reactive ketones (excluding diaryl/α,β-unsaturated/α-hetero) is 1. The Morgan fingerprint density at radius 2 is 2.05 bits per heavy atom. The molecule has 0 radical (unpaired) electrons. The minimum Gasteiger partial charge on any atom is -0.362 e. The number of hydrogen-bond donors (Lipinski definition) is 1. The number of aromatic amines is 1. The summed E-state index contributed by atoms with van der Waals surface area (Å²) in [5, 5.41) is 0. The van der Waals surface area contributed by atoms with Crippen molar-refractivity contribution < 1.29 is 14.4 Å². The average molecular weight is 275 g/mol. The second-order valence-electron chi connectivity index (χ2n) is 5.54. The first-order valence-corrected chi connectivity index (χ1v) is 6.77. The van der Waals surface area contributed by atoms with Crippen molar-refractivity contribution in [2.45, 2.75) is 32.7 Å². The fourth-order valence-electron chi connectivity index (χ4n) is 2.63. The highest BCUT2D eigenvalue weighted by atomic mass is 16.2. The molecule has 1 aliphatic carbocycles. The number of aromatic nitrogens is 1. The van der Waals surface area contributed by atoms with E-state index in [-0.39, 0.29) is 36.9 Å². The molecule has 6 nitrogen and oxygen atoms in total. The van der Waals surface area contributed by atoms with E-state index in [0.29, 0.717) is 5.56 Å². The van der Waals surface area contributed by atoms with Crippen molar-refractivity contribution in [2.24, 2.45) is 0 Å². The Morgan fingerprint density at radius 3 is 2.60 bits per heavy atom. The van der Waals surface area contributed by atoms with E-state index in [0.717, 1.165) is 29.1 Å². The van der Waals surface area contributed by atoms with Crippen LogP contribution in [0.15, 0.2) is 6.07 Å². The molecule has 1 saturated heterocycles. The van der Waals surface area contributed by atoms with E-state index in [4.69, 9.17) is 0 Å². The van der Waals surface area contributed by atoms with Gasteiger partial charge in [-0.15, -0.1) is 0 Å². The Morgan fingerprint density at radius 1 is 1.35 bits per heavy atom. The Labute approximate surface area is 116 Å². The summed E-state index contributed by atoms with van der Waals surface area (Å²) in [6.07, 6.45) is 1.91. The molecule has 20 heavy (non-hydrogen) atoms. The first kappa shape index (κ1) is 12.9. The van der Waals surface area contributed by atoms with Crippen LogP contribution in [0.2, 0.25) is 0 Å². The largest absolute Gasteiger partial charge is 0.362 e. The number of carbonyl (C=O) groups is 3. The number of imide groups is 1. The number of rotatable bonds is 4. The number of amides is 3. The molecule has 0 aromatic carbocycles. The van der Waals surface area contributed by atoms with E-state index >= 15 is 0 Å². The van der Waals surface area contributed by atoms with Crippen LogP contribution in [0.25, 0.3) is 0 Å². The molecule has 1 N–H and O–H groups in total. The predicted molar refractivity (Wildman–Crippen MR) is 71.4 cm³/mol. The van der Waals surface area contributed by atoms with Gasteiger partial charge in [-0.25, -0.2) is 4.79 Å². The number of nitrogens with one attached hydrogen (secondary N) is 1. The number of hydrogen-bond acceptors (Lipinski definition) is 3. The van der Waals surface area contributed by atoms with E-state index < -0.39 is 0 Å². The first-order valence-electron chi connectivity index (χ1n) is 6.77. The minimum absolute atomic E-state index is 0.113. The topological polar surface area (TPSA) is 73.5 Å². The third kappa shape index (κ3) is 2.11. The second-order valence-corrected chi connectivity index (χ2v) is 5.54. The molecule has 3 amide bonds. The lowest BCUT2D eigenvalue weighted by Gasteiger charge is -2.15. The molecule has 1 aromatic rings. The van der Waals surface area contributed by atoms with Gasteiger partial charge >= 0.3 is 6.03 Å². The molecule has 0 bridgehead atoms. The van der Waals surface area contributed by atoms with Crippen LogP contribution >= 0.6 is 0 Å². The first-order chi connectivity index (χ1) is 9.47. The molecule has 1 saturated carbocycles. The lowest BCUT2D eigenvalue weighted by molar-refractivity contribution is -0.125. The third-order valence-electron chi connectivity index (χ3n) is 3.82. The van der Waals surface area contributed by atoms with Crippen LogP contribution < -0.4 is 0 Å². The number of nitrogens with zero attached hydrogens (tertiary/aromatic N) is 2. The van der Waals surface area contributed by atoms with Crippen LogP contribution in [-0.2, 0) is 4.79 Å². The van der Waals surface area contributed by atoms with Crippen molar-refractivity contribution in [1.82, 2.24) is 14.8 Å². The lowest BCUT2D eigenvalue weighted by atomic mass is 10.1. The zero-order chi connectivity index (χ0) is 14.4. The summed E-state index contributed by atoms with van der Waals surface area (Å²) in [6.45, 7) is 3.62. The second kappa shape index (κ2) is 4.47. The van der Waals surface area contributed by atoms with Crippen molar-refractivity contribution in [1.29, 1.82) is 0 Å². The molecule has 2 heterocycles. The summed E-state index contributed by atoms with van der Waals surface area (Å²) in [5.41, 5.74) is 2.21. The van der Waals surface area contributed by atoms with E-state index in [1.54, 1.807) is 11.0 Å². The minimum atomic E-state index is -0.323. The number of ketones is 1. The summed E-state index contributed by atoms with van der Waals surface area (Å²) in [5.74, 6) is -0.480. The van der Waals surface area contributed by atoms with Gasteiger partial charge in [0.2, 0.25) is 0 Å². The number of H-pyrrole nitrogens is 1. The van der Waals surface area contributed by atoms with Gasteiger partial charge in [0.25, 0.3) is 5.91 Å². The van der Waals surface area contributed by atoms with Crippen LogP contribution in [0.4, 0.5) is 4.79 Å². The van der Waals surface area contributed by atoms with Crippen LogP contribution in [0.1, 0.15) is 34.6 Å². The molecule has 1 aromatic heterocycles. The molecule has 106 valence electrons. The monoisotopic (exact) mass is 275 g/mol. The normalized spacial score (nSPS) is 19.1. The van der Waals surface area contributed by atoms with Gasteiger partial charge in [0.1, 0.15) is 6.54 Å². The van der Waals surface area contributed by atoms with Gasteiger partial charge in [0, 0.05) is 23.0 Å². The molecule has 0 spiro atoms. The third-order valence-corrected chi connectivity index (χ3v) is 3.82. The smallest absolute Gasteiger partial charge is 0.327 e. The van der Waals surface area contributed by atoms with Gasteiger partial charge in [-0.1, -0.05) is 0 Å². The fraction of sp³-hybridized carbons (Fsp3) is 0.500. The fourth-order valence-corrected chi connectivity index (χ4v) is 2.63. The highest BCUT2D eigenvalue weighted by molar-refractivity contribution is 6.08. The SMILES string of the molecule is Cc1cc(C(=O)CN2C(=O)CN(C3CC3)C2=O)c(C)[nH]1. The zero-order valence-corrected chi connectivity index (χ0v) is 11.6. The van der Waals surface area contributed by atoms with Crippen molar-refractivity contribution in [3.63, 3.8) is 0 Å². The number of carbonyl (C=O) groups excluding carboxylic acids is 3. The Hall–Kier alpha value is -2.11. The molecule has 2 fully saturated rings. The molecule has 1 aliphatic heterocycles. The number of urea groups is 1. The Kier molecular flexibility index (Phi) is 2.88. The van der Waals surface area contributed by atoms with Crippen molar-refractivity contribution in [3.8, 4) is 0 Å². The van der Waals surface area contributed by atoms with Crippen LogP contribution in [-0.4, -0.2) is 51.6 Å². The van der Waals surface area contributed by atoms with Crippen molar-refractivity contribution in [2.75, 3.05) is 13.1 Å². The molecular weight excluding hydrogens is 258 g/mol. The van der Waals surface area contributed by atoms with Crippen LogP contribution in [0.3, 0.4) is 0 Å². The summed E-state index contributed by atoms with van der Waals surface area (Å²) in [7, 11) is 0. The number of aryl methyl sites for hydroxylation is 2. The van der Waals surface area contributed by atoms with Crippen LogP contribution in [0, 0.1) is 13.8 Å². The standard InChI is InChI=1S/C14H17N3O3/c1-8-5-11(9(2)15-8)12(18)6-17-13(19)7-16(14(17)20)10-3-4-10/h5,10,15H,3-4,6-7H2,1-2H3. The van der Waals surface area contributed by atoms with Gasteiger partial charge in [-0.3, -0.25) is 14.5 Å². The molecule has 2 aliphatic rings. The van der Waals surface area contributed by atoms with Crippen LogP contribution in [0.5, 0.6) is 0 Å². The van der Waals surface area contributed by atoms with Gasteiger partial charge in [-0.2, -0.15) is 0 Å². The van der Waals surface area contributed by atoms with E-state index in [1.807, 2.05) is 13.8 Å². The lowest BCUT2D eigenvalue weighted by Crippen LogP contribution is -2.37. The van der Waals surface area contributed by atoms with E-state index in [2.05, 4.69) is 4.98 Å². The molecule has 3 rings (SSSR count). The Bertz CT molecular complexity index is 601. The maximum absolute atomic E-state index is 12.2. The molecular formula is C14H17N3O3. The summed E-state index contributed by atoms with van der Waals surface area (Å²) in [4.78, 5) is 41.9. The summed E-state index contributed by atoms with van der Waals surface area (Å²) < 4.78 is 0. The van der Waals surface area contributed by atoms with E-state index in [9.17, 15) is 14.4 Å². The molecule has 0 atom stereocenters. The maximum atomic E-state index is 12.2. The van der Waals surface area contributed by atoms with Crippen molar-refractivity contribution in [3.05, 3.63) is 23.0 Å². The molecule has 6 heteroatoms. The van der Waals surface area contributed by atoms with Crippen molar-refractivity contribution >= 4 is 17.7 Å². The molecule has 0 unspecified atom stereocenters. The summed E-state index contributed by atoms with van der Waals surface area (Å²) in [6, 6.07) is 1.62. The van der Waals surface area contributed by atoms with Gasteiger partial charge in [-0.05, 0) is 32.8 Å². The predicted octanol–water partition coefficient (Wildman–Crippen LogP) is 1.24. The highest BCUT2D eigenvalue weighted by Crippen LogP contribution is 2.30. The zero-order valence-electron chi connectivity index (χ0n) is 11.6. The Balaban J connectivity index is 1.74. The highest BCUT2D eigenvalue weighted by Gasteiger charge is 2.44. The summed E-state index contributed by atoms with van der Waals surface area (Å²) >= 11 is 0.